The van der Waals surface area contributed by atoms with Crippen molar-refractivity contribution in [3.05, 3.63) is 58.7 Å². The predicted molar refractivity (Wildman–Crippen MR) is 108 cm³/mol. The van der Waals surface area contributed by atoms with Crippen LogP contribution in [-0.4, -0.2) is 55.9 Å². The van der Waals surface area contributed by atoms with Gasteiger partial charge in [0.1, 0.15) is 17.7 Å². The molecule has 29 heavy (non-hydrogen) atoms. The van der Waals surface area contributed by atoms with Crippen molar-refractivity contribution < 1.29 is 13.9 Å². The molecular weight excluding hydrogens is 373 g/mol. The number of hydrogen-bond donors (Lipinski definition) is 3. The van der Waals surface area contributed by atoms with E-state index < -0.39 is 0 Å². The quantitative estimate of drug-likeness (QED) is 0.650. The number of ether oxygens (including phenoxy) is 1. The number of benzene rings is 1. The Bertz CT molecular complexity index is 849. The summed E-state index contributed by atoms with van der Waals surface area (Å²) in [6, 6.07) is 6.07. The maximum atomic E-state index is 13.4. The third-order valence-corrected chi connectivity index (χ3v) is 5.38. The summed E-state index contributed by atoms with van der Waals surface area (Å²) in [7, 11) is 0. The largest absolute Gasteiger partial charge is 0.465 e. The number of esters is 1. The second-order valence-corrected chi connectivity index (χ2v) is 7.22. The highest BCUT2D eigenvalue weighted by Crippen LogP contribution is 2.36. The molecule has 0 aromatic heterocycles. The molecule has 3 heterocycles. The van der Waals surface area contributed by atoms with Crippen LogP contribution in [0.5, 0.6) is 0 Å². The molecule has 3 N–H and O–H groups in total. The maximum Gasteiger partial charge on any atom is 0.324 e. The molecule has 1 saturated heterocycles. The minimum absolute atomic E-state index is 0.112. The average molecular weight is 399 g/mol. The standard InChI is InChI=1S/C21H26FN5O2/c1-2-29-21(28)17-13-27(12-11-24-17)20-18(14-7-9-23-10-8-14)19(25-26-20)15-3-5-16(22)6-4-15/h3-7,9,17,19,24-26H,2,8,10-13H2,1H3. The fourth-order valence-corrected chi connectivity index (χ4v) is 3.97. The molecule has 0 amide bonds. The van der Waals surface area contributed by atoms with E-state index in [9.17, 15) is 9.18 Å². The molecule has 3 aliphatic rings. The zero-order valence-electron chi connectivity index (χ0n) is 16.5. The Morgan fingerprint density at radius 3 is 2.90 bits per heavy atom. The van der Waals surface area contributed by atoms with Gasteiger partial charge in [-0.25, -0.2) is 9.82 Å². The highest BCUT2D eigenvalue weighted by Gasteiger charge is 2.35. The van der Waals surface area contributed by atoms with Crippen molar-refractivity contribution in [2.45, 2.75) is 25.4 Å². The summed E-state index contributed by atoms with van der Waals surface area (Å²) in [5.74, 6) is 0.468. The van der Waals surface area contributed by atoms with Gasteiger partial charge in [-0.1, -0.05) is 12.1 Å². The third-order valence-electron chi connectivity index (χ3n) is 5.38. The molecule has 0 saturated carbocycles. The first-order valence-corrected chi connectivity index (χ1v) is 10.0. The molecule has 3 aliphatic heterocycles. The number of piperazine rings is 1. The van der Waals surface area contributed by atoms with Crippen LogP contribution < -0.4 is 16.2 Å². The number of nitrogens with one attached hydrogen (secondary N) is 3. The Labute approximate surface area is 169 Å². The van der Waals surface area contributed by atoms with Crippen molar-refractivity contribution in [3.63, 3.8) is 0 Å². The van der Waals surface area contributed by atoms with Gasteiger partial charge in [0.2, 0.25) is 0 Å². The SMILES string of the molecule is CCOC(=O)C1CN(C2=C(C3=CC=NCC3)C(c3ccc(F)cc3)NN2)CCN1. The van der Waals surface area contributed by atoms with E-state index in [0.717, 1.165) is 36.5 Å². The van der Waals surface area contributed by atoms with E-state index in [1.54, 1.807) is 12.1 Å². The first-order valence-electron chi connectivity index (χ1n) is 10.0. The zero-order chi connectivity index (χ0) is 20.2. The minimum Gasteiger partial charge on any atom is -0.465 e. The number of dihydropyridines is 1. The Balaban J connectivity index is 1.66. The monoisotopic (exact) mass is 399 g/mol. The summed E-state index contributed by atoms with van der Waals surface area (Å²) in [5, 5.41) is 3.24. The number of carbonyl (C=O) groups excluding carboxylic acids is 1. The summed E-state index contributed by atoms with van der Waals surface area (Å²) in [6.07, 6.45) is 4.71. The summed E-state index contributed by atoms with van der Waals surface area (Å²) in [5.41, 5.74) is 9.95. The lowest BCUT2D eigenvalue weighted by atomic mass is 9.91. The third kappa shape index (κ3) is 4.18. The fourth-order valence-electron chi connectivity index (χ4n) is 3.97. The molecule has 0 spiro atoms. The Hall–Kier alpha value is -2.71. The van der Waals surface area contributed by atoms with Gasteiger partial charge < -0.3 is 20.4 Å². The summed E-state index contributed by atoms with van der Waals surface area (Å²) in [4.78, 5) is 18.7. The Morgan fingerprint density at radius 2 is 2.17 bits per heavy atom. The lowest BCUT2D eigenvalue weighted by molar-refractivity contribution is -0.146. The maximum absolute atomic E-state index is 13.4. The van der Waals surface area contributed by atoms with Crippen LogP contribution >= 0.6 is 0 Å². The molecule has 2 atom stereocenters. The Kier molecular flexibility index (Phi) is 5.92. The smallest absolute Gasteiger partial charge is 0.324 e. The van der Waals surface area contributed by atoms with Crippen molar-refractivity contribution in [3.8, 4) is 0 Å². The van der Waals surface area contributed by atoms with Gasteiger partial charge in [-0.2, -0.15) is 0 Å². The van der Waals surface area contributed by atoms with E-state index in [0.29, 0.717) is 19.7 Å². The van der Waals surface area contributed by atoms with Crippen molar-refractivity contribution in [2.75, 3.05) is 32.8 Å². The van der Waals surface area contributed by atoms with Crippen LogP contribution in [0.15, 0.2) is 52.3 Å². The molecule has 0 aliphatic carbocycles. The lowest BCUT2D eigenvalue weighted by Crippen LogP contribution is -2.55. The van der Waals surface area contributed by atoms with Crippen LogP contribution in [0.3, 0.4) is 0 Å². The highest BCUT2D eigenvalue weighted by molar-refractivity contribution is 5.76. The van der Waals surface area contributed by atoms with Gasteiger partial charge in [-0.05, 0) is 42.7 Å². The summed E-state index contributed by atoms with van der Waals surface area (Å²) >= 11 is 0. The molecule has 7 nitrogen and oxygen atoms in total. The van der Waals surface area contributed by atoms with E-state index in [1.165, 1.54) is 17.7 Å². The molecule has 1 aromatic carbocycles. The number of hydrogen-bond acceptors (Lipinski definition) is 7. The van der Waals surface area contributed by atoms with Gasteiger partial charge >= 0.3 is 5.97 Å². The highest BCUT2D eigenvalue weighted by atomic mass is 19.1. The van der Waals surface area contributed by atoms with Crippen molar-refractivity contribution >= 4 is 12.2 Å². The van der Waals surface area contributed by atoms with Gasteiger partial charge in [0, 0.05) is 38.0 Å². The number of allylic oxidation sites excluding steroid dienone is 1. The average Bonchev–Trinajstić information content (AvgIpc) is 3.20. The first-order chi connectivity index (χ1) is 14.2. The van der Waals surface area contributed by atoms with E-state index in [2.05, 4.69) is 26.1 Å². The van der Waals surface area contributed by atoms with Gasteiger partial charge in [0.05, 0.1) is 12.6 Å². The molecule has 1 fully saturated rings. The number of aliphatic imine (C=N–C) groups is 1. The van der Waals surface area contributed by atoms with Crippen LogP contribution in [0.4, 0.5) is 4.39 Å². The van der Waals surface area contributed by atoms with Gasteiger partial charge in [0.15, 0.2) is 0 Å². The molecular formula is C21H26FN5O2. The normalized spacial score (nSPS) is 24.3. The zero-order valence-corrected chi connectivity index (χ0v) is 16.5. The summed E-state index contributed by atoms with van der Waals surface area (Å²) < 4.78 is 18.6. The van der Waals surface area contributed by atoms with Crippen molar-refractivity contribution in [1.82, 2.24) is 21.1 Å². The molecule has 2 unspecified atom stereocenters. The van der Waals surface area contributed by atoms with E-state index in [-0.39, 0.29) is 23.9 Å². The van der Waals surface area contributed by atoms with Crippen LogP contribution in [0.1, 0.15) is 24.9 Å². The minimum atomic E-state index is -0.369. The van der Waals surface area contributed by atoms with Crippen LogP contribution in [0.25, 0.3) is 0 Å². The van der Waals surface area contributed by atoms with Crippen LogP contribution in [-0.2, 0) is 9.53 Å². The van der Waals surface area contributed by atoms with E-state index in [4.69, 9.17) is 4.74 Å². The number of rotatable bonds is 5. The van der Waals surface area contributed by atoms with Crippen molar-refractivity contribution in [1.29, 1.82) is 0 Å². The van der Waals surface area contributed by atoms with Gasteiger partial charge in [0.25, 0.3) is 0 Å². The van der Waals surface area contributed by atoms with Gasteiger partial charge in [-0.3, -0.25) is 9.79 Å². The van der Waals surface area contributed by atoms with E-state index in [1.807, 2.05) is 19.2 Å². The van der Waals surface area contributed by atoms with Gasteiger partial charge in [-0.15, -0.1) is 0 Å². The topological polar surface area (TPSA) is 78.0 Å². The first kappa shape index (κ1) is 19.6. The second-order valence-electron chi connectivity index (χ2n) is 7.22. The second kappa shape index (κ2) is 8.75. The number of hydrazine groups is 1. The fraction of sp³-hybridized carbons (Fsp3) is 0.429. The molecule has 0 bridgehead atoms. The van der Waals surface area contributed by atoms with Crippen LogP contribution in [0.2, 0.25) is 0 Å². The predicted octanol–water partition coefficient (Wildman–Crippen LogP) is 1.42. The van der Waals surface area contributed by atoms with E-state index >= 15 is 0 Å². The molecule has 154 valence electrons. The number of carbonyl (C=O) groups is 1. The molecule has 1 aromatic rings. The molecule has 0 radical (unpaired) electrons. The number of halogens is 1. The van der Waals surface area contributed by atoms with Crippen LogP contribution in [0, 0.1) is 5.82 Å². The van der Waals surface area contributed by atoms with Crippen molar-refractivity contribution in [2.24, 2.45) is 4.99 Å². The summed E-state index contributed by atoms with van der Waals surface area (Å²) in [6.45, 7) is 4.88. The Morgan fingerprint density at radius 1 is 1.34 bits per heavy atom. The lowest BCUT2D eigenvalue weighted by Gasteiger charge is -2.35. The molecule has 8 heteroatoms. The molecule has 4 rings (SSSR count). The number of nitrogens with zero attached hydrogens (tertiary/aromatic N) is 2.